The molecule has 0 aromatic heterocycles. The standard InChI is InChI=1S/C19H25F6N3O2S/c1-17(2,3)31(30)28-15-7-5-4-6-14(15)27-16(29)26-13-9-11(18(20,21)22)8-12(10-13)19(23,24)25/h8-10,14-15,28H,4-7H2,1-3H3,(H2,26,27,29)/t14?,15?,31-/m0/s1. The average molecular weight is 473 g/mol. The summed E-state index contributed by atoms with van der Waals surface area (Å²) >= 11 is 0. The number of nitrogens with one attached hydrogen (secondary N) is 3. The van der Waals surface area contributed by atoms with Gasteiger partial charge in [-0.15, -0.1) is 0 Å². The molecule has 0 spiro atoms. The first-order valence-electron chi connectivity index (χ1n) is 9.62. The third-order valence-corrected chi connectivity index (χ3v) is 6.37. The number of hydrogen-bond acceptors (Lipinski definition) is 2. The molecule has 0 aliphatic heterocycles. The van der Waals surface area contributed by atoms with Crippen LogP contribution < -0.4 is 15.4 Å². The fourth-order valence-electron chi connectivity index (χ4n) is 3.12. The van der Waals surface area contributed by atoms with E-state index in [1.807, 2.05) is 0 Å². The van der Waals surface area contributed by atoms with Crippen molar-refractivity contribution in [2.45, 2.75) is 75.6 Å². The first-order valence-corrected chi connectivity index (χ1v) is 10.8. The van der Waals surface area contributed by atoms with Crippen molar-refractivity contribution in [1.82, 2.24) is 10.0 Å². The van der Waals surface area contributed by atoms with Crippen LogP contribution in [0.1, 0.15) is 57.6 Å². The van der Waals surface area contributed by atoms with E-state index in [-0.39, 0.29) is 12.1 Å². The van der Waals surface area contributed by atoms with Gasteiger partial charge in [-0.05, 0) is 51.8 Å². The summed E-state index contributed by atoms with van der Waals surface area (Å²) in [6.07, 6.45) is -7.26. The molecule has 3 N–H and O–H groups in total. The smallest absolute Gasteiger partial charge is 0.334 e. The molecule has 0 heterocycles. The van der Waals surface area contributed by atoms with E-state index in [9.17, 15) is 35.3 Å². The van der Waals surface area contributed by atoms with Crippen molar-refractivity contribution >= 4 is 22.7 Å². The highest BCUT2D eigenvalue weighted by Gasteiger charge is 2.37. The molecule has 1 fully saturated rings. The van der Waals surface area contributed by atoms with Gasteiger partial charge in [-0.25, -0.2) is 13.7 Å². The lowest BCUT2D eigenvalue weighted by molar-refractivity contribution is -0.143. The Balaban J connectivity index is 2.16. The van der Waals surface area contributed by atoms with Crippen molar-refractivity contribution in [2.75, 3.05) is 5.32 Å². The Bertz CT molecular complexity index is 788. The Morgan fingerprint density at radius 1 is 0.903 bits per heavy atom. The fourth-order valence-corrected chi connectivity index (χ4v) is 4.03. The molecule has 0 radical (unpaired) electrons. The molecule has 1 aliphatic carbocycles. The number of benzene rings is 1. The van der Waals surface area contributed by atoms with Gasteiger partial charge >= 0.3 is 18.4 Å². The summed E-state index contributed by atoms with van der Waals surface area (Å²) in [6, 6.07) is -0.876. The summed E-state index contributed by atoms with van der Waals surface area (Å²) in [5.74, 6) is 0. The van der Waals surface area contributed by atoms with Crippen LogP contribution in [0.15, 0.2) is 18.2 Å². The number of urea groups is 1. The number of alkyl halides is 6. The van der Waals surface area contributed by atoms with Gasteiger partial charge in [-0.1, -0.05) is 12.8 Å². The number of halogens is 6. The van der Waals surface area contributed by atoms with Crippen LogP contribution in [0.3, 0.4) is 0 Å². The van der Waals surface area contributed by atoms with Crippen molar-refractivity contribution in [1.29, 1.82) is 0 Å². The highest BCUT2D eigenvalue weighted by atomic mass is 32.2. The lowest BCUT2D eigenvalue weighted by atomic mass is 9.91. The van der Waals surface area contributed by atoms with Crippen LogP contribution in [0.4, 0.5) is 36.8 Å². The molecule has 1 aromatic rings. The predicted molar refractivity (Wildman–Crippen MR) is 106 cm³/mol. The Kier molecular flexibility index (Phi) is 7.68. The molecule has 3 atom stereocenters. The minimum Gasteiger partial charge on any atom is -0.334 e. The van der Waals surface area contributed by atoms with Gasteiger partial charge in [-0.3, -0.25) is 0 Å². The summed E-state index contributed by atoms with van der Waals surface area (Å²) < 4.78 is 92.7. The number of carbonyl (C=O) groups excluding carboxylic acids is 1. The van der Waals surface area contributed by atoms with E-state index in [2.05, 4.69) is 15.4 Å². The second kappa shape index (κ2) is 9.35. The first-order chi connectivity index (χ1) is 14.1. The van der Waals surface area contributed by atoms with Crippen LogP contribution in [-0.4, -0.2) is 27.1 Å². The van der Waals surface area contributed by atoms with Crippen molar-refractivity contribution in [2.24, 2.45) is 0 Å². The van der Waals surface area contributed by atoms with Crippen LogP contribution in [0.5, 0.6) is 0 Å². The average Bonchev–Trinajstić information content (AvgIpc) is 2.60. The summed E-state index contributed by atoms with van der Waals surface area (Å²) in [5.41, 5.74) is -3.66. The van der Waals surface area contributed by atoms with E-state index in [1.54, 1.807) is 20.8 Å². The Morgan fingerprint density at radius 2 is 1.39 bits per heavy atom. The molecule has 31 heavy (non-hydrogen) atoms. The Labute approximate surface area is 178 Å². The zero-order chi connectivity index (χ0) is 23.6. The summed E-state index contributed by atoms with van der Waals surface area (Å²) in [4.78, 5) is 12.3. The van der Waals surface area contributed by atoms with Crippen LogP contribution in [-0.2, 0) is 23.3 Å². The minimum absolute atomic E-state index is 0.00795. The fraction of sp³-hybridized carbons (Fsp3) is 0.632. The normalized spacial score (nSPS) is 21.5. The van der Waals surface area contributed by atoms with E-state index >= 15 is 0 Å². The zero-order valence-corrected chi connectivity index (χ0v) is 18.0. The number of carbonyl (C=O) groups is 1. The molecule has 0 bridgehead atoms. The van der Waals surface area contributed by atoms with E-state index in [0.29, 0.717) is 25.0 Å². The number of rotatable bonds is 4. The van der Waals surface area contributed by atoms with Gasteiger partial charge in [0.05, 0.1) is 26.9 Å². The van der Waals surface area contributed by atoms with Crippen LogP contribution in [0.2, 0.25) is 0 Å². The van der Waals surface area contributed by atoms with Gasteiger partial charge in [0, 0.05) is 17.8 Å². The molecular formula is C19H25F6N3O2S. The molecule has 2 amide bonds. The predicted octanol–water partition coefficient (Wildman–Crippen LogP) is 5.21. The third kappa shape index (κ3) is 7.37. The van der Waals surface area contributed by atoms with Gasteiger partial charge in [0.2, 0.25) is 0 Å². The number of amides is 2. The third-order valence-electron chi connectivity index (χ3n) is 4.74. The molecule has 1 aromatic carbocycles. The highest BCUT2D eigenvalue weighted by molar-refractivity contribution is 7.84. The van der Waals surface area contributed by atoms with E-state index in [0.717, 1.165) is 12.8 Å². The molecule has 2 unspecified atom stereocenters. The lowest BCUT2D eigenvalue weighted by Gasteiger charge is -2.34. The van der Waals surface area contributed by atoms with Gasteiger partial charge in [0.25, 0.3) is 0 Å². The molecule has 0 saturated heterocycles. The quantitative estimate of drug-likeness (QED) is 0.526. The van der Waals surface area contributed by atoms with Crippen LogP contribution >= 0.6 is 0 Å². The van der Waals surface area contributed by atoms with Crippen LogP contribution in [0.25, 0.3) is 0 Å². The van der Waals surface area contributed by atoms with Crippen LogP contribution in [0, 0.1) is 0 Å². The molecule has 1 aliphatic rings. The SMILES string of the molecule is CC(C)(C)[S@](=O)NC1CCCCC1NC(=O)Nc1cc(C(F)(F)F)cc(C(F)(F)F)c1. The summed E-state index contributed by atoms with van der Waals surface area (Å²) in [6.45, 7) is 5.33. The molecule has 176 valence electrons. The maximum atomic E-state index is 13.0. The van der Waals surface area contributed by atoms with E-state index in [1.165, 1.54) is 0 Å². The van der Waals surface area contributed by atoms with Gasteiger partial charge < -0.3 is 10.6 Å². The van der Waals surface area contributed by atoms with E-state index in [4.69, 9.17) is 0 Å². The van der Waals surface area contributed by atoms with Crippen molar-refractivity contribution in [3.8, 4) is 0 Å². The molecule has 5 nitrogen and oxygen atoms in total. The maximum Gasteiger partial charge on any atom is 0.416 e. The second-order valence-corrected chi connectivity index (χ2v) is 10.4. The van der Waals surface area contributed by atoms with Gasteiger partial charge in [0.15, 0.2) is 0 Å². The molecular weight excluding hydrogens is 448 g/mol. The topological polar surface area (TPSA) is 70.2 Å². The summed E-state index contributed by atoms with van der Waals surface area (Å²) in [5, 5.41) is 4.65. The Morgan fingerprint density at radius 3 is 1.84 bits per heavy atom. The molecule has 12 heteroatoms. The summed E-state index contributed by atoms with van der Waals surface area (Å²) in [7, 11) is -1.41. The van der Waals surface area contributed by atoms with Gasteiger partial charge in [0.1, 0.15) is 0 Å². The molecule has 1 saturated carbocycles. The van der Waals surface area contributed by atoms with Gasteiger partial charge in [-0.2, -0.15) is 26.3 Å². The molecule has 2 rings (SSSR count). The van der Waals surface area contributed by atoms with Crippen molar-refractivity contribution in [3.05, 3.63) is 29.3 Å². The Hall–Kier alpha value is -1.82. The minimum atomic E-state index is -5.01. The zero-order valence-electron chi connectivity index (χ0n) is 17.2. The van der Waals surface area contributed by atoms with E-state index < -0.39 is 57.0 Å². The number of hydrogen-bond donors (Lipinski definition) is 3. The van der Waals surface area contributed by atoms with Crippen molar-refractivity contribution in [3.63, 3.8) is 0 Å². The first kappa shape index (κ1) is 25.4. The lowest BCUT2D eigenvalue weighted by Crippen LogP contribution is -2.54. The maximum absolute atomic E-state index is 13.0. The second-order valence-electron chi connectivity index (χ2n) is 8.39. The van der Waals surface area contributed by atoms with Crippen molar-refractivity contribution < 1.29 is 35.3 Å². The monoisotopic (exact) mass is 473 g/mol. The largest absolute Gasteiger partial charge is 0.416 e. The highest BCUT2D eigenvalue weighted by Crippen LogP contribution is 2.37. The number of anilines is 1.